The van der Waals surface area contributed by atoms with Crippen LogP contribution in [0.25, 0.3) is 0 Å². The Balaban J connectivity index is 2.40. The van der Waals surface area contributed by atoms with Crippen LogP contribution in [0.3, 0.4) is 0 Å². The van der Waals surface area contributed by atoms with Gasteiger partial charge in [0.25, 0.3) is 5.91 Å². The van der Waals surface area contributed by atoms with Crippen molar-refractivity contribution < 1.29 is 9.53 Å². The number of rotatable bonds is 3. The molecule has 1 saturated heterocycles. The molecule has 0 aromatic heterocycles. The Bertz CT molecular complexity index is 476. The standard InChI is InChI=1S/C14H21N3O2/c1-3-11-8-19-9(2)7-17(11)13-5-4-10(15)6-12(13)14(16)18/h4-6,9,11H,3,7-8,15H2,1-2H3,(H2,16,18). The van der Waals surface area contributed by atoms with Crippen LogP contribution in [0.5, 0.6) is 0 Å². The van der Waals surface area contributed by atoms with Gasteiger partial charge in [0.2, 0.25) is 0 Å². The molecule has 1 aromatic rings. The molecule has 0 aliphatic carbocycles. The van der Waals surface area contributed by atoms with Crippen molar-refractivity contribution in [2.45, 2.75) is 32.4 Å². The minimum absolute atomic E-state index is 0.140. The Morgan fingerprint density at radius 3 is 2.89 bits per heavy atom. The zero-order valence-corrected chi connectivity index (χ0v) is 11.4. The molecule has 5 nitrogen and oxygen atoms in total. The van der Waals surface area contributed by atoms with Crippen LogP contribution < -0.4 is 16.4 Å². The number of ether oxygens (including phenoxy) is 1. The molecule has 0 bridgehead atoms. The third kappa shape index (κ3) is 2.81. The SMILES string of the molecule is CCC1COC(C)CN1c1ccc(N)cc1C(N)=O. The number of hydrogen-bond donors (Lipinski definition) is 2. The normalized spacial score (nSPS) is 23.4. The summed E-state index contributed by atoms with van der Waals surface area (Å²) in [5.41, 5.74) is 13.1. The number of carbonyl (C=O) groups is 1. The van der Waals surface area contributed by atoms with Crippen LogP contribution in [-0.4, -0.2) is 31.2 Å². The Kier molecular flexibility index (Phi) is 3.95. The maximum atomic E-state index is 11.6. The quantitative estimate of drug-likeness (QED) is 0.807. The van der Waals surface area contributed by atoms with Gasteiger partial charge in [-0.15, -0.1) is 0 Å². The van der Waals surface area contributed by atoms with Gasteiger partial charge in [0, 0.05) is 12.2 Å². The molecular weight excluding hydrogens is 242 g/mol. The van der Waals surface area contributed by atoms with E-state index < -0.39 is 5.91 Å². The fraction of sp³-hybridized carbons (Fsp3) is 0.500. The van der Waals surface area contributed by atoms with E-state index in [0.717, 1.165) is 18.7 Å². The first-order valence-corrected chi connectivity index (χ1v) is 6.60. The van der Waals surface area contributed by atoms with Crippen molar-refractivity contribution in [3.63, 3.8) is 0 Å². The molecule has 1 aliphatic heterocycles. The Morgan fingerprint density at radius 2 is 2.26 bits per heavy atom. The van der Waals surface area contributed by atoms with Crippen molar-refractivity contribution in [3.05, 3.63) is 23.8 Å². The van der Waals surface area contributed by atoms with E-state index in [9.17, 15) is 4.79 Å². The highest BCUT2D eigenvalue weighted by Crippen LogP contribution is 2.28. The molecule has 1 amide bonds. The molecule has 5 heteroatoms. The number of morpholine rings is 1. The molecule has 1 fully saturated rings. The van der Waals surface area contributed by atoms with Crippen molar-refractivity contribution in [3.8, 4) is 0 Å². The van der Waals surface area contributed by atoms with Gasteiger partial charge in [-0.1, -0.05) is 6.92 Å². The van der Waals surface area contributed by atoms with Crippen LogP contribution in [0.15, 0.2) is 18.2 Å². The second-order valence-corrected chi connectivity index (χ2v) is 5.00. The number of hydrogen-bond acceptors (Lipinski definition) is 4. The first kappa shape index (κ1) is 13.7. The lowest BCUT2D eigenvalue weighted by molar-refractivity contribution is 0.0299. The Labute approximate surface area is 113 Å². The molecule has 104 valence electrons. The van der Waals surface area contributed by atoms with Gasteiger partial charge in [-0.05, 0) is 31.5 Å². The number of anilines is 2. The number of benzene rings is 1. The molecule has 0 saturated carbocycles. The minimum atomic E-state index is -0.448. The molecule has 19 heavy (non-hydrogen) atoms. The van der Waals surface area contributed by atoms with E-state index in [4.69, 9.17) is 16.2 Å². The predicted molar refractivity (Wildman–Crippen MR) is 76.2 cm³/mol. The average molecular weight is 263 g/mol. The summed E-state index contributed by atoms with van der Waals surface area (Å²) in [5.74, 6) is -0.448. The van der Waals surface area contributed by atoms with Gasteiger partial charge in [-0.2, -0.15) is 0 Å². The first-order valence-electron chi connectivity index (χ1n) is 6.60. The highest BCUT2D eigenvalue weighted by Gasteiger charge is 2.28. The molecule has 2 unspecified atom stereocenters. The molecule has 2 rings (SSSR count). The third-order valence-electron chi connectivity index (χ3n) is 3.53. The van der Waals surface area contributed by atoms with E-state index >= 15 is 0 Å². The van der Waals surface area contributed by atoms with Crippen molar-refractivity contribution in [1.82, 2.24) is 0 Å². The lowest BCUT2D eigenvalue weighted by atomic mass is 10.0. The zero-order valence-electron chi connectivity index (χ0n) is 11.4. The van der Waals surface area contributed by atoms with E-state index in [2.05, 4.69) is 11.8 Å². The van der Waals surface area contributed by atoms with E-state index in [1.807, 2.05) is 13.0 Å². The summed E-state index contributed by atoms with van der Waals surface area (Å²) >= 11 is 0. The fourth-order valence-electron chi connectivity index (χ4n) is 2.48. The van der Waals surface area contributed by atoms with Crippen molar-refractivity contribution in [2.75, 3.05) is 23.8 Å². The lowest BCUT2D eigenvalue weighted by Gasteiger charge is -2.40. The number of nitrogens with zero attached hydrogens (tertiary/aromatic N) is 1. The summed E-state index contributed by atoms with van der Waals surface area (Å²) in [6.45, 7) is 5.56. The Morgan fingerprint density at radius 1 is 1.53 bits per heavy atom. The van der Waals surface area contributed by atoms with Crippen molar-refractivity contribution in [2.24, 2.45) is 5.73 Å². The predicted octanol–water partition coefficient (Wildman–Crippen LogP) is 1.37. The van der Waals surface area contributed by atoms with Crippen LogP contribution in [0.4, 0.5) is 11.4 Å². The smallest absolute Gasteiger partial charge is 0.250 e. The monoisotopic (exact) mass is 263 g/mol. The third-order valence-corrected chi connectivity index (χ3v) is 3.53. The molecule has 0 radical (unpaired) electrons. The fourth-order valence-corrected chi connectivity index (χ4v) is 2.48. The molecule has 0 spiro atoms. The number of nitrogens with two attached hydrogens (primary N) is 2. The number of carbonyl (C=O) groups excluding carboxylic acids is 1. The minimum Gasteiger partial charge on any atom is -0.399 e. The molecule has 1 aliphatic rings. The summed E-state index contributed by atoms with van der Waals surface area (Å²) in [5, 5.41) is 0. The summed E-state index contributed by atoms with van der Waals surface area (Å²) in [6, 6.07) is 5.58. The zero-order chi connectivity index (χ0) is 14.0. The van der Waals surface area contributed by atoms with Crippen LogP contribution in [0.2, 0.25) is 0 Å². The lowest BCUT2D eigenvalue weighted by Crippen LogP contribution is -2.49. The summed E-state index contributed by atoms with van der Waals surface area (Å²) in [6.07, 6.45) is 1.09. The van der Waals surface area contributed by atoms with E-state index in [0.29, 0.717) is 17.9 Å². The van der Waals surface area contributed by atoms with Gasteiger partial charge < -0.3 is 21.1 Å². The molecule has 2 atom stereocenters. The summed E-state index contributed by atoms with van der Waals surface area (Å²) in [4.78, 5) is 13.8. The maximum Gasteiger partial charge on any atom is 0.250 e. The van der Waals surface area contributed by atoms with Crippen LogP contribution in [-0.2, 0) is 4.74 Å². The van der Waals surface area contributed by atoms with Crippen LogP contribution in [0.1, 0.15) is 30.6 Å². The first-order chi connectivity index (χ1) is 9.02. The van der Waals surface area contributed by atoms with Crippen LogP contribution >= 0.6 is 0 Å². The molecule has 1 aromatic carbocycles. The van der Waals surface area contributed by atoms with Crippen molar-refractivity contribution >= 4 is 17.3 Å². The molecule has 4 N–H and O–H groups in total. The Hall–Kier alpha value is -1.75. The average Bonchev–Trinajstić information content (AvgIpc) is 2.38. The van der Waals surface area contributed by atoms with E-state index in [1.165, 1.54) is 0 Å². The second-order valence-electron chi connectivity index (χ2n) is 5.00. The highest BCUT2D eigenvalue weighted by molar-refractivity contribution is 5.99. The maximum absolute atomic E-state index is 11.6. The van der Waals surface area contributed by atoms with Gasteiger partial charge in [0.05, 0.1) is 30.0 Å². The van der Waals surface area contributed by atoms with Gasteiger partial charge in [-0.25, -0.2) is 0 Å². The van der Waals surface area contributed by atoms with E-state index in [1.54, 1.807) is 12.1 Å². The number of primary amides is 1. The van der Waals surface area contributed by atoms with Gasteiger partial charge in [0.15, 0.2) is 0 Å². The highest BCUT2D eigenvalue weighted by atomic mass is 16.5. The topological polar surface area (TPSA) is 81.6 Å². The van der Waals surface area contributed by atoms with Gasteiger partial charge in [-0.3, -0.25) is 4.79 Å². The van der Waals surface area contributed by atoms with Crippen LogP contribution in [0, 0.1) is 0 Å². The summed E-state index contributed by atoms with van der Waals surface area (Å²) in [7, 11) is 0. The van der Waals surface area contributed by atoms with E-state index in [-0.39, 0.29) is 12.1 Å². The molecule has 1 heterocycles. The molecular formula is C14H21N3O2. The van der Waals surface area contributed by atoms with Gasteiger partial charge in [0.1, 0.15) is 0 Å². The summed E-state index contributed by atoms with van der Waals surface area (Å²) < 4.78 is 5.67. The number of nitrogen functional groups attached to an aromatic ring is 1. The number of amides is 1. The second kappa shape index (κ2) is 5.48. The van der Waals surface area contributed by atoms with Gasteiger partial charge >= 0.3 is 0 Å². The van der Waals surface area contributed by atoms with Crippen molar-refractivity contribution in [1.29, 1.82) is 0 Å². The largest absolute Gasteiger partial charge is 0.399 e.